The molecule has 1 fully saturated rings. The number of hydrogen-bond acceptors (Lipinski definition) is 5. The van der Waals surface area contributed by atoms with Gasteiger partial charge in [0.15, 0.2) is 0 Å². The molecule has 2 atom stereocenters. The van der Waals surface area contributed by atoms with Gasteiger partial charge in [0, 0.05) is 41.4 Å². The highest BCUT2D eigenvalue weighted by molar-refractivity contribution is 6.31. The minimum Gasteiger partial charge on any atom is -0.402 e. The van der Waals surface area contributed by atoms with E-state index in [1.54, 1.807) is 0 Å². The van der Waals surface area contributed by atoms with Crippen molar-refractivity contribution in [1.29, 1.82) is 0 Å². The summed E-state index contributed by atoms with van der Waals surface area (Å²) < 4.78 is 36.9. The molecule has 2 aliphatic rings. The highest BCUT2D eigenvalue weighted by Crippen LogP contribution is 2.41. The fraction of sp³-hybridized carbons (Fsp3) is 0.500. The number of aromatic nitrogens is 3. The first-order chi connectivity index (χ1) is 14.1. The van der Waals surface area contributed by atoms with E-state index in [-0.39, 0.29) is 12.1 Å². The maximum Gasteiger partial charge on any atom is 0.318 e. The van der Waals surface area contributed by atoms with Gasteiger partial charge in [-0.05, 0) is 55.4 Å². The molecule has 9 heteroatoms. The third-order valence-electron chi connectivity index (χ3n) is 5.89. The molecule has 0 radical (unpaired) electrons. The number of hydrogen-bond donors (Lipinski definition) is 1. The Labute approximate surface area is 171 Å². The Kier molecular flexibility index (Phi) is 4.91. The summed E-state index contributed by atoms with van der Waals surface area (Å²) >= 11 is 6.22. The molecule has 4 heterocycles. The number of H-pyrrole nitrogens is 1. The van der Waals surface area contributed by atoms with Crippen LogP contribution in [0.5, 0.6) is 0 Å². The Morgan fingerprint density at radius 1 is 1.31 bits per heavy atom. The number of nitrogens with zero attached hydrogens (tertiary/aromatic N) is 3. The van der Waals surface area contributed by atoms with Crippen LogP contribution in [0.4, 0.5) is 14.8 Å². The van der Waals surface area contributed by atoms with Gasteiger partial charge in [-0.1, -0.05) is 16.7 Å². The molecule has 0 bridgehead atoms. The highest BCUT2D eigenvalue weighted by atomic mass is 35.5. The number of anilines is 1. The van der Waals surface area contributed by atoms with E-state index < -0.39 is 12.3 Å². The number of fused-ring (bicyclic) bond motifs is 3. The van der Waals surface area contributed by atoms with Crippen LogP contribution in [-0.4, -0.2) is 34.9 Å². The largest absolute Gasteiger partial charge is 0.402 e. The summed E-state index contributed by atoms with van der Waals surface area (Å²) in [4.78, 5) is 5.48. The monoisotopic (exact) mass is 422 g/mol. The van der Waals surface area contributed by atoms with Crippen LogP contribution in [0, 0.1) is 5.92 Å². The normalized spacial score (nSPS) is 22.4. The van der Waals surface area contributed by atoms with E-state index in [9.17, 15) is 8.78 Å². The van der Waals surface area contributed by atoms with E-state index in [1.807, 2.05) is 23.1 Å². The van der Waals surface area contributed by atoms with E-state index in [1.165, 1.54) is 5.56 Å². The van der Waals surface area contributed by atoms with E-state index in [4.69, 9.17) is 20.8 Å². The van der Waals surface area contributed by atoms with Gasteiger partial charge in [-0.3, -0.25) is 0 Å². The molecule has 29 heavy (non-hydrogen) atoms. The van der Waals surface area contributed by atoms with Crippen LogP contribution in [0.2, 0.25) is 5.02 Å². The van der Waals surface area contributed by atoms with Gasteiger partial charge in [-0.25, -0.2) is 0 Å². The molecule has 1 aromatic carbocycles. The predicted octanol–water partition coefficient (Wildman–Crippen LogP) is 5.06. The van der Waals surface area contributed by atoms with Crippen LogP contribution in [0.25, 0.3) is 10.9 Å². The molecule has 0 unspecified atom stereocenters. The molecule has 1 saturated heterocycles. The second-order valence-corrected chi connectivity index (χ2v) is 8.15. The summed E-state index contributed by atoms with van der Waals surface area (Å²) in [6.07, 6.45) is 0.886. The molecule has 0 saturated carbocycles. The quantitative estimate of drug-likeness (QED) is 0.636. The summed E-state index contributed by atoms with van der Waals surface area (Å²) in [6.45, 7) is 2.11. The van der Waals surface area contributed by atoms with Crippen molar-refractivity contribution in [3.8, 4) is 0 Å². The van der Waals surface area contributed by atoms with Crippen molar-refractivity contribution in [2.45, 2.75) is 38.2 Å². The fourth-order valence-electron chi connectivity index (χ4n) is 4.55. The Morgan fingerprint density at radius 2 is 2.21 bits per heavy atom. The number of aromatic amines is 1. The minimum atomic E-state index is -2.78. The second-order valence-electron chi connectivity index (χ2n) is 7.71. The van der Waals surface area contributed by atoms with Crippen molar-refractivity contribution in [2.75, 3.05) is 24.7 Å². The molecule has 0 spiro atoms. The lowest BCUT2D eigenvalue weighted by atomic mass is 9.88. The van der Waals surface area contributed by atoms with Crippen molar-refractivity contribution in [2.24, 2.45) is 5.92 Å². The molecule has 2 aliphatic heterocycles. The maximum absolute atomic E-state index is 13.0. The third kappa shape index (κ3) is 3.48. The summed E-state index contributed by atoms with van der Waals surface area (Å²) in [5, 5.41) is 9.23. The first-order valence-corrected chi connectivity index (χ1v) is 10.2. The molecule has 2 aromatic heterocycles. The Bertz CT molecular complexity index is 1020. The van der Waals surface area contributed by atoms with E-state index in [2.05, 4.69) is 15.2 Å². The molecule has 154 valence electrons. The first-order valence-electron chi connectivity index (χ1n) is 9.86. The number of rotatable bonds is 4. The average Bonchev–Trinajstić information content (AvgIpc) is 3.34. The van der Waals surface area contributed by atoms with Gasteiger partial charge in [0.05, 0.1) is 6.04 Å². The topological polar surface area (TPSA) is 67.2 Å². The molecule has 0 aliphatic carbocycles. The van der Waals surface area contributed by atoms with Gasteiger partial charge in [0.2, 0.25) is 0 Å². The lowest BCUT2D eigenvalue weighted by Gasteiger charge is -2.37. The van der Waals surface area contributed by atoms with Crippen LogP contribution in [0.3, 0.4) is 0 Å². The standard InChI is InChI=1S/C20H21ClF2N4O2/c21-12-3-4-15-14(9-12)13-5-6-27(20-26-25-19(29-20)18(22)23)16(17(13)24-15)8-11-2-1-7-28-10-11/h3-4,9,11,16,18,24H,1-2,5-8,10H2/t11-,16+/m1/s1. The fourth-order valence-corrected chi connectivity index (χ4v) is 4.72. The summed E-state index contributed by atoms with van der Waals surface area (Å²) in [5.74, 6) is -0.260. The number of benzene rings is 1. The molecule has 3 aromatic rings. The lowest BCUT2D eigenvalue weighted by Crippen LogP contribution is -2.37. The summed E-state index contributed by atoms with van der Waals surface area (Å²) in [7, 11) is 0. The SMILES string of the molecule is FC(F)c1nnc(N2CCc3c([nH]c4ccc(Cl)cc34)[C@@H]2C[C@H]2CCCOC2)o1. The predicted molar refractivity (Wildman–Crippen MR) is 105 cm³/mol. The van der Waals surface area contributed by atoms with Crippen molar-refractivity contribution < 1.29 is 17.9 Å². The highest BCUT2D eigenvalue weighted by Gasteiger charge is 2.36. The number of halogens is 3. The zero-order valence-electron chi connectivity index (χ0n) is 15.7. The van der Waals surface area contributed by atoms with Crippen LogP contribution >= 0.6 is 11.6 Å². The van der Waals surface area contributed by atoms with Gasteiger partial charge in [0.1, 0.15) is 0 Å². The van der Waals surface area contributed by atoms with Crippen molar-refractivity contribution in [1.82, 2.24) is 15.2 Å². The molecule has 6 nitrogen and oxygen atoms in total. The van der Waals surface area contributed by atoms with Crippen molar-refractivity contribution in [3.05, 3.63) is 40.4 Å². The van der Waals surface area contributed by atoms with E-state index in [0.717, 1.165) is 48.9 Å². The van der Waals surface area contributed by atoms with Gasteiger partial charge in [-0.15, -0.1) is 5.10 Å². The second kappa shape index (κ2) is 7.57. The van der Waals surface area contributed by atoms with E-state index >= 15 is 0 Å². The van der Waals surface area contributed by atoms with Gasteiger partial charge in [0.25, 0.3) is 5.89 Å². The van der Waals surface area contributed by atoms with Crippen LogP contribution in [0.1, 0.15) is 48.9 Å². The van der Waals surface area contributed by atoms with Crippen molar-refractivity contribution >= 4 is 28.5 Å². The molecule has 5 rings (SSSR count). The van der Waals surface area contributed by atoms with Gasteiger partial charge >= 0.3 is 12.4 Å². The maximum atomic E-state index is 13.0. The van der Waals surface area contributed by atoms with E-state index in [0.29, 0.717) is 24.1 Å². The van der Waals surface area contributed by atoms with Gasteiger partial charge < -0.3 is 19.0 Å². The van der Waals surface area contributed by atoms with Gasteiger partial charge in [-0.2, -0.15) is 8.78 Å². The molecule has 1 N–H and O–H groups in total. The van der Waals surface area contributed by atoms with Crippen LogP contribution in [0.15, 0.2) is 22.6 Å². The Hall–Kier alpha value is -2.19. The van der Waals surface area contributed by atoms with Crippen molar-refractivity contribution in [3.63, 3.8) is 0 Å². The summed E-state index contributed by atoms with van der Waals surface area (Å²) in [6, 6.07) is 5.87. The zero-order valence-corrected chi connectivity index (χ0v) is 16.5. The average molecular weight is 423 g/mol. The first kappa shape index (κ1) is 18.8. The summed E-state index contributed by atoms with van der Waals surface area (Å²) in [5.41, 5.74) is 3.30. The zero-order chi connectivity index (χ0) is 20.0. The molecular weight excluding hydrogens is 402 g/mol. The Morgan fingerprint density at radius 3 is 2.97 bits per heavy atom. The van der Waals surface area contributed by atoms with Crippen LogP contribution < -0.4 is 4.90 Å². The molecule has 0 amide bonds. The number of ether oxygens (including phenoxy) is 1. The van der Waals surface area contributed by atoms with Crippen LogP contribution in [-0.2, 0) is 11.2 Å². The molecular formula is C20H21ClF2N4O2. The number of nitrogens with one attached hydrogen (secondary N) is 1. The number of alkyl halides is 2. The lowest BCUT2D eigenvalue weighted by molar-refractivity contribution is 0.0481. The third-order valence-corrected chi connectivity index (χ3v) is 6.12. The minimum absolute atomic E-state index is 0.0809. The smallest absolute Gasteiger partial charge is 0.318 e. The Balaban J connectivity index is 1.55.